The molecule has 0 fully saturated rings. The molecule has 0 aliphatic rings. The normalized spacial score (nSPS) is 10.0. The maximum Gasteiger partial charge on any atom is -0.197 e. The van der Waals surface area contributed by atoms with E-state index in [4.69, 9.17) is 10.2 Å². The third-order valence-electron chi connectivity index (χ3n) is 2.24. The molecule has 0 heterocycles. The van der Waals surface area contributed by atoms with Crippen molar-refractivity contribution < 1.29 is 19.8 Å². The van der Waals surface area contributed by atoms with Gasteiger partial charge in [-0.25, -0.2) is 0 Å². The molecule has 0 aliphatic carbocycles. The molecule has 0 saturated carbocycles. The maximum atomic E-state index is 10.0. The molecule has 0 spiro atoms. The van der Waals surface area contributed by atoms with Gasteiger partial charge in [0.1, 0.15) is 0 Å². The number of aliphatic hydroxyl groups excluding tert-OH is 2. The quantitative estimate of drug-likeness (QED) is 0.202. The summed E-state index contributed by atoms with van der Waals surface area (Å²) in [4.78, 5) is 20.0. The minimum Gasteiger partial charge on any atom is -0.197 e. The first-order chi connectivity index (χ1) is 10.7. The fourth-order valence-corrected chi connectivity index (χ4v) is 5.48. The predicted molar refractivity (Wildman–Crippen MR) is 120 cm³/mol. The SMILES string of the molecule is CC(=O)/C=C(/C)O.CC(=O)/C=C(/C)O.CCC[CH2][Sn][CH2]CCC.S.S. The van der Waals surface area contributed by atoms with E-state index in [1.54, 1.807) is 8.87 Å². The molecule has 150 valence electrons. The zero-order chi connectivity index (χ0) is 18.7. The summed E-state index contributed by atoms with van der Waals surface area (Å²) in [6.07, 6.45) is 8.17. The molecule has 0 aromatic carbocycles. The van der Waals surface area contributed by atoms with Gasteiger partial charge in [0.05, 0.1) is 11.5 Å². The Hall–Kier alpha value is -0.0813. The van der Waals surface area contributed by atoms with E-state index in [0.29, 0.717) is 0 Å². The number of aliphatic hydroxyl groups is 2. The molecule has 2 N–H and O–H groups in total. The van der Waals surface area contributed by atoms with Crippen LogP contribution in [0.15, 0.2) is 23.7 Å². The average Bonchev–Trinajstić information content (AvgIpc) is 2.36. The summed E-state index contributed by atoms with van der Waals surface area (Å²) >= 11 is 0.149. The number of hydrogen-bond donors (Lipinski definition) is 2. The van der Waals surface area contributed by atoms with Crippen LogP contribution < -0.4 is 0 Å². The first-order valence-corrected chi connectivity index (χ1v) is 12.2. The van der Waals surface area contributed by atoms with E-state index < -0.39 is 0 Å². The molecule has 2 radical (unpaired) electrons. The summed E-state index contributed by atoms with van der Waals surface area (Å²) in [5.41, 5.74) is 0. The molecule has 0 saturated heterocycles. The van der Waals surface area contributed by atoms with Crippen molar-refractivity contribution in [3.05, 3.63) is 23.7 Å². The third-order valence-corrected chi connectivity index (χ3v) is 6.27. The summed E-state index contributed by atoms with van der Waals surface area (Å²) in [5, 5.41) is 16.7. The number of unbranched alkanes of at least 4 members (excludes halogenated alkanes) is 2. The number of allylic oxidation sites excluding steroid dienone is 4. The van der Waals surface area contributed by atoms with Crippen molar-refractivity contribution in [2.24, 2.45) is 0 Å². The van der Waals surface area contributed by atoms with Gasteiger partial charge < -0.3 is 10.2 Å². The summed E-state index contributed by atoms with van der Waals surface area (Å²) in [7, 11) is 0. The number of hydrogen-bond acceptors (Lipinski definition) is 4. The van der Waals surface area contributed by atoms with E-state index >= 15 is 0 Å². The first-order valence-electron chi connectivity index (χ1n) is 8.13. The number of rotatable bonds is 8. The Morgan fingerprint density at radius 2 is 1.04 bits per heavy atom. The van der Waals surface area contributed by atoms with Crippen LogP contribution in [0.3, 0.4) is 0 Å². The van der Waals surface area contributed by atoms with Gasteiger partial charge in [0.25, 0.3) is 0 Å². The van der Waals surface area contributed by atoms with Gasteiger partial charge in [0.2, 0.25) is 0 Å². The Balaban J connectivity index is -0.0000000778. The minimum atomic E-state index is -0.125. The summed E-state index contributed by atoms with van der Waals surface area (Å²) in [5.74, 6) is -0.125. The fourth-order valence-electron chi connectivity index (χ4n) is 1.32. The molecule has 0 rings (SSSR count). The Morgan fingerprint density at radius 1 is 0.760 bits per heavy atom. The van der Waals surface area contributed by atoms with Gasteiger partial charge in [0, 0.05) is 12.2 Å². The van der Waals surface area contributed by atoms with Crippen molar-refractivity contribution in [1.82, 2.24) is 0 Å². The van der Waals surface area contributed by atoms with Crippen LogP contribution in [0.2, 0.25) is 8.87 Å². The van der Waals surface area contributed by atoms with Crippen LogP contribution in [0.4, 0.5) is 0 Å². The summed E-state index contributed by atoms with van der Waals surface area (Å²) in [6.45, 7) is 10.3. The molecule has 0 unspecified atom stereocenters. The zero-order valence-corrected chi connectivity index (χ0v) is 21.5. The molecular weight excluding hydrogens is 463 g/mol. The predicted octanol–water partition coefficient (Wildman–Crippen LogP) is 5.43. The zero-order valence-electron chi connectivity index (χ0n) is 16.6. The van der Waals surface area contributed by atoms with Crippen molar-refractivity contribution in [3.63, 3.8) is 0 Å². The topological polar surface area (TPSA) is 74.6 Å². The van der Waals surface area contributed by atoms with Crippen molar-refractivity contribution in [2.45, 2.75) is 76.1 Å². The van der Waals surface area contributed by atoms with Crippen LogP contribution in [-0.4, -0.2) is 42.9 Å². The largest absolute Gasteiger partial charge is 0.197 e. The van der Waals surface area contributed by atoms with Gasteiger partial charge >= 0.3 is 69.5 Å². The Kier molecular flexibility index (Phi) is 41.3. The number of carbonyl (C=O) groups is 2. The van der Waals surface area contributed by atoms with Gasteiger partial charge in [-0.15, -0.1) is 0 Å². The van der Waals surface area contributed by atoms with Crippen LogP contribution in [0, 0.1) is 0 Å². The Bertz CT molecular complexity index is 328. The smallest absolute Gasteiger partial charge is 0.197 e. The second kappa shape index (κ2) is 28.7. The Labute approximate surface area is 178 Å². The molecule has 4 nitrogen and oxygen atoms in total. The second-order valence-corrected chi connectivity index (χ2v) is 9.53. The third kappa shape index (κ3) is 59.3. The second-order valence-electron chi connectivity index (χ2n) is 5.25. The first kappa shape index (κ1) is 35.9. The van der Waals surface area contributed by atoms with E-state index in [1.165, 1.54) is 65.5 Å². The molecule has 25 heavy (non-hydrogen) atoms. The number of carbonyl (C=O) groups excluding carboxylic acids is 2. The monoisotopic (exact) mass is 502 g/mol. The van der Waals surface area contributed by atoms with Crippen LogP contribution in [0.5, 0.6) is 0 Å². The van der Waals surface area contributed by atoms with Crippen molar-refractivity contribution in [3.8, 4) is 0 Å². The maximum absolute atomic E-state index is 10.0. The molecule has 0 aromatic rings. The van der Waals surface area contributed by atoms with Gasteiger partial charge in [-0.3, -0.25) is 9.59 Å². The Morgan fingerprint density at radius 3 is 1.16 bits per heavy atom. The van der Waals surface area contributed by atoms with Crippen LogP contribution in [0.25, 0.3) is 0 Å². The van der Waals surface area contributed by atoms with Crippen molar-refractivity contribution in [1.29, 1.82) is 0 Å². The van der Waals surface area contributed by atoms with E-state index in [0.717, 1.165) is 0 Å². The van der Waals surface area contributed by atoms with Gasteiger partial charge in [-0.05, 0) is 27.7 Å². The van der Waals surface area contributed by atoms with Crippen LogP contribution >= 0.6 is 27.0 Å². The van der Waals surface area contributed by atoms with Gasteiger partial charge in [0.15, 0.2) is 11.6 Å². The van der Waals surface area contributed by atoms with Crippen molar-refractivity contribution in [2.75, 3.05) is 0 Å². The standard InChI is InChI=1S/2C5H8O2.2C4H9.2H2S.Sn/c2*1-4(6)3-5(2)7;2*1-3-4-2;;;/h2*3,6H,1-2H3;2*1,3-4H2,2H3;2*1H2;/b2*4-3-;;;;;. The average molecular weight is 501 g/mol. The van der Waals surface area contributed by atoms with E-state index in [2.05, 4.69) is 13.8 Å². The van der Waals surface area contributed by atoms with E-state index in [-0.39, 0.29) is 71.2 Å². The molecule has 0 atom stereocenters. The van der Waals surface area contributed by atoms with E-state index in [9.17, 15) is 9.59 Å². The summed E-state index contributed by atoms with van der Waals surface area (Å²) in [6, 6.07) is 0. The summed E-state index contributed by atoms with van der Waals surface area (Å²) < 4.78 is 3.25. The van der Waals surface area contributed by atoms with Crippen LogP contribution in [0.1, 0.15) is 67.2 Å². The molecule has 0 bridgehead atoms. The molecule has 0 aliphatic heterocycles. The number of ketones is 2. The minimum absolute atomic E-state index is 0. The van der Waals surface area contributed by atoms with Gasteiger partial charge in [-0.2, -0.15) is 27.0 Å². The van der Waals surface area contributed by atoms with Crippen molar-refractivity contribution >= 4 is 59.7 Å². The van der Waals surface area contributed by atoms with Gasteiger partial charge in [-0.1, -0.05) is 0 Å². The fraction of sp³-hybridized carbons (Fsp3) is 0.667. The van der Waals surface area contributed by atoms with E-state index in [1.807, 2.05) is 0 Å². The molecule has 0 aromatic heterocycles. The molecular formula is C18H38O4S2Sn. The molecule has 7 heteroatoms. The molecule has 0 amide bonds. The van der Waals surface area contributed by atoms with Crippen LogP contribution in [-0.2, 0) is 9.59 Å².